The van der Waals surface area contributed by atoms with Crippen molar-refractivity contribution in [3.8, 4) is 11.5 Å². The largest absolute Gasteiger partial charge is 0.502 e. The highest BCUT2D eigenvalue weighted by atomic mass is 35.5. The minimum atomic E-state index is -0.816. The molecule has 0 unspecified atom stereocenters. The van der Waals surface area contributed by atoms with E-state index >= 15 is 0 Å². The second-order valence-electron chi connectivity index (χ2n) is 4.26. The van der Waals surface area contributed by atoms with Gasteiger partial charge >= 0.3 is 5.69 Å². The summed E-state index contributed by atoms with van der Waals surface area (Å²) in [5, 5.41) is 23.2. The Bertz CT molecular complexity index is 748. The monoisotopic (exact) mass is 322 g/mol. The number of phenols is 1. The molecule has 2 N–H and O–H groups in total. The van der Waals surface area contributed by atoms with Crippen molar-refractivity contribution in [2.45, 2.75) is 0 Å². The number of carbonyl (C=O) groups is 1. The van der Waals surface area contributed by atoms with E-state index in [1.54, 1.807) is 24.3 Å². The van der Waals surface area contributed by atoms with Crippen LogP contribution in [0.4, 0.5) is 11.4 Å². The predicted molar refractivity (Wildman–Crippen MR) is 80.7 cm³/mol. The van der Waals surface area contributed by atoms with Gasteiger partial charge in [-0.2, -0.15) is 0 Å². The lowest BCUT2D eigenvalue weighted by Gasteiger charge is -2.09. The minimum absolute atomic E-state index is 0.0275. The van der Waals surface area contributed by atoms with Crippen molar-refractivity contribution >= 4 is 28.9 Å². The smallest absolute Gasteiger partial charge is 0.313 e. The van der Waals surface area contributed by atoms with Crippen LogP contribution < -0.4 is 10.1 Å². The molecule has 0 radical (unpaired) electrons. The predicted octanol–water partition coefficient (Wildman–Crippen LogP) is 3.21. The Labute approximate surface area is 130 Å². The Kier molecular flexibility index (Phi) is 4.47. The molecule has 0 heterocycles. The molecule has 114 valence electrons. The zero-order valence-electron chi connectivity index (χ0n) is 11.4. The molecule has 0 saturated heterocycles. The van der Waals surface area contributed by atoms with Crippen molar-refractivity contribution in [2.75, 3.05) is 12.4 Å². The van der Waals surface area contributed by atoms with E-state index in [1.807, 2.05) is 0 Å². The average molecular weight is 323 g/mol. The first-order valence-electron chi connectivity index (χ1n) is 6.04. The summed E-state index contributed by atoms with van der Waals surface area (Å²) in [6, 6.07) is 8.65. The summed E-state index contributed by atoms with van der Waals surface area (Å²) < 4.78 is 5.02. The quantitative estimate of drug-likeness (QED) is 0.664. The number of halogens is 1. The highest BCUT2D eigenvalue weighted by Crippen LogP contribution is 2.33. The van der Waals surface area contributed by atoms with Crippen molar-refractivity contribution in [3.05, 3.63) is 57.1 Å². The Morgan fingerprint density at radius 1 is 1.36 bits per heavy atom. The van der Waals surface area contributed by atoms with Gasteiger partial charge in [-0.05, 0) is 18.2 Å². The summed E-state index contributed by atoms with van der Waals surface area (Å²) in [7, 11) is 1.48. The number of hydrogen-bond acceptors (Lipinski definition) is 5. The van der Waals surface area contributed by atoms with Crippen LogP contribution in [0.3, 0.4) is 0 Å². The first kappa shape index (κ1) is 15.6. The first-order chi connectivity index (χ1) is 10.4. The molecular weight excluding hydrogens is 312 g/mol. The number of benzene rings is 2. The van der Waals surface area contributed by atoms with E-state index in [1.165, 1.54) is 7.11 Å². The number of rotatable bonds is 4. The number of nitrogens with zero attached hydrogens (tertiary/aromatic N) is 1. The van der Waals surface area contributed by atoms with Gasteiger partial charge in [-0.25, -0.2) is 0 Å². The zero-order chi connectivity index (χ0) is 16.3. The summed E-state index contributed by atoms with van der Waals surface area (Å²) in [4.78, 5) is 22.2. The number of amides is 1. The van der Waals surface area contributed by atoms with Gasteiger partial charge in [-0.3, -0.25) is 14.9 Å². The van der Waals surface area contributed by atoms with Gasteiger partial charge < -0.3 is 15.2 Å². The molecule has 2 rings (SSSR count). The Hall–Kier alpha value is -2.80. The van der Waals surface area contributed by atoms with E-state index in [0.29, 0.717) is 11.4 Å². The van der Waals surface area contributed by atoms with Crippen LogP contribution in [-0.2, 0) is 0 Å². The molecule has 0 aliphatic rings. The number of nitro benzene ring substituents is 1. The highest BCUT2D eigenvalue weighted by Gasteiger charge is 2.23. The number of phenolic OH excluding ortho intramolecular Hbond substituents is 1. The number of carbonyl (C=O) groups excluding carboxylic acids is 1. The molecular formula is C14H11ClN2O5. The van der Waals surface area contributed by atoms with Crippen LogP contribution in [0.2, 0.25) is 5.02 Å². The fourth-order valence-corrected chi connectivity index (χ4v) is 2.01. The van der Waals surface area contributed by atoms with E-state index in [-0.39, 0.29) is 10.6 Å². The highest BCUT2D eigenvalue weighted by molar-refractivity contribution is 6.31. The molecule has 7 nitrogen and oxygen atoms in total. The van der Waals surface area contributed by atoms with Gasteiger partial charge in [0.2, 0.25) is 5.75 Å². The third kappa shape index (κ3) is 3.26. The SMILES string of the molecule is COc1cccc(NC(=O)c2cc(Cl)cc([N+](=O)[O-])c2O)c1. The molecule has 0 aliphatic carbocycles. The number of nitro groups is 1. The van der Waals surface area contributed by atoms with Gasteiger partial charge in [0.05, 0.1) is 17.6 Å². The van der Waals surface area contributed by atoms with Crippen molar-refractivity contribution in [1.29, 1.82) is 0 Å². The molecule has 0 fully saturated rings. The van der Waals surface area contributed by atoms with Crippen molar-refractivity contribution in [3.63, 3.8) is 0 Å². The van der Waals surface area contributed by atoms with E-state index in [4.69, 9.17) is 16.3 Å². The Balaban J connectivity index is 2.35. The van der Waals surface area contributed by atoms with Crippen molar-refractivity contribution in [2.24, 2.45) is 0 Å². The summed E-state index contributed by atoms with van der Waals surface area (Å²) in [6.07, 6.45) is 0. The zero-order valence-corrected chi connectivity index (χ0v) is 12.1. The molecule has 2 aromatic carbocycles. The maximum atomic E-state index is 12.2. The molecule has 0 aromatic heterocycles. The fraction of sp³-hybridized carbons (Fsp3) is 0.0714. The topological polar surface area (TPSA) is 102 Å². The third-order valence-corrected chi connectivity index (χ3v) is 3.04. The maximum Gasteiger partial charge on any atom is 0.313 e. The number of nitrogens with one attached hydrogen (secondary N) is 1. The number of aromatic hydroxyl groups is 1. The van der Waals surface area contributed by atoms with Gasteiger partial charge in [0.25, 0.3) is 5.91 Å². The number of methoxy groups -OCH3 is 1. The van der Waals surface area contributed by atoms with E-state index in [0.717, 1.165) is 12.1 Å². The number of anilines is 1. The normalized spacial score (nSPS) is 10.1. The molecule has 22 heavy (non-hydrogen) atoms. The molecule has 0 spiro atoms. The Morgan fingerprint density at radius 3 is 2.73 bits per heavy atom. The van der Waals surface area contributed by atoms with Gasteiger partial charge in [0, 0.05) is 22.8 Å². The number of hydrogen-bond donors (Lipinski definition) is 2. The molecule has 0 saturated carbocycles. The average Bonchev–Trinajstić information content (AvgIpc) is 2.49. The van der Waals surface area contributed by atoms with E-state index < -0.39 is 22.3 Å². The summed E-state index contributed by atoms with van der Waals surface area (Å²) in [6.45, 7) is 0. The second-order valence-corrected chi connectivity index (χ2v) is 4.70. The van der Waals surface area contributed by atoms with E-state index in [2.05, 4.69) is 5.32 Å². The standard InChI is InChI=1S/C14H11ClN2O5/c1-22-10-4-2-3-9(7-10)16-14(19)11-5-8(15)6-12(13(11)18)17(20)21/h2-7,18H,1H3,(H,16,19). The van der Waals surface area contributed by atoms with Crippen LogP contribution in [0.15, 0.2) is 36.4 Å². The van der Waals surface area contributed by atoms with Crippen molar-refractivity contribution in [1.82, 2.24) is 0 Å². The number of ether oxygens (including phenoxy) is 1. The second kappa shape index (κ2) is 6.31. The summed E-state index contributed by atoms with van der Waals surface area (Å²) in [5.74, 6) is -0.940. The fourth-order valence-electron chi connectivity index (χ4n) is 1.80. The molecule has 0 bridgehead atoms. The Morgan fingerprint density at radius 2 is 2.09 bits per heavy atom. The molecule has 2 aromatic rings. The van der Waals surface area contributed by atoms with Crippen LogP contribution in [0, 0.1) is 10.1 Å². The first-order valence-corrected chi connectivity index (χ1v) is 6.42. The van der Waals surface area contributed by atoms with Gasteiger partial charge in [-0.1, -0.05) is 17.7 Å². The molecule has 0 atom stereocenters. The summed E-state index contributed by atoms with van der Waals surface area (Å²) in [5.41, 5.74) is -0.517. The lowest BCUT2D eigenvalue weighted by molar-refractivity contribution is -0.385. The van der Waals surface area contributed by atoms with Crippen LogP contribution >= 0.6 is 11.6 Å². The van der Waals surface area contributed by atoms with E-state index in [9.17, 15) is 20.0 Å². The lowest BCUT2D eigenvalue weighted by atomic mass is 10.1. The van der Waals surface area contributed by atoms with Gasteiger partial charge in [-0.15, -0.1) is 0 Å². The lowest BCUT2D eigenvalue weighted by Crippen LogP contribution is -2.12. The van der Waals surface area contributed by atoms with Crippen molar-refractivity contribution < 1.29 is 19.6 Å². The summed E-state index contributed by atoms with van der Waals surface area (Å²) >= 11 is 5.75. The minimum Gasteiger partial charge on any atom is -0.502 e. The molecule has 8 heteroatoms. The third-order valence-electron chi connectivity index (χ3n) is 2.82. The maximum absolute atomic E-state index is 12.2. The van der Waals surface area contributed by atoms with Gasteiger partial charge in [0.1, 0.15) is 5.75 Å². The van der Waals surface area contributed by atoms with Crippen LogP contribution in [0.5, 0.6) is 11.5 Å². The van der Waals surface area contributed by atoms with Crippen LogP contribution in [0.25, 0.3) is 0 Å². The molecule has 0 aliphatic heterocycles. The molecule has 1 amide bonds. The van der Waals surface area contributed by atoms with Crippen LogP contribution in [0.1, 0.15) is 10.4 Å². The van der Waals surface area contributed by atoms with Gasteiger partial charge in [0.15, 0.2) is 0 Å². The van der Waals surface area contributed by atoms with Crippen LogP contribution in [-0.4, -0.2) is 23.0 Å².